The van der Waals surface area contributed by atoms with E-state index in [2.05, 4.69) is 12.2 Å². The van der Waals surface area contributed by atoms with Gasteiger partial charge in [-0.25, -0.2) is 0 Å². The van der Waals surface area contributed by atoms with E-state index in [-0.39, 0.29) is 5.78 Å². The summed E-state index contributed by atoms with van der Waals surface area (Å²) in [5, 5.41) is 0. The first-order valence-corrected chi connectivity index (χ1v) is 6.07. The molecule has 1 rings (SSSR count). The van der Waals surface area contributed by atoms with Crippen LogP contribution in [0.3, 0.4) is 0 Å². The third-order valence-corrected chi connectivity index (χ3v) is 3.23. The Balaban J connectivity index is 2.79. The summed E-state index contributed by atoms with van der Waals surface area (Å²) in [5.41, 5.74) is 0.761. The second-order valence-corrected chi connectivity index (χ2v) is 4.52. The van der Waals surface area contributed by atoms with Crippen molar-refractivity contribution in [2.45, 2.75) is 25.7 Å². The molecule has 0 heterocycles. The number of rotatable bonds is 4. The molecule has 0 aliphatic carbocycles. The molecule has 1 nitrogen and oxygen atoms in total. The van der Waals surface area contributed by atoms with E-state index in [9.17, 15) is 4.79 Å². The minimum atomic E-state index is 0.108. The molecule has 0 N–H and O–H groups in total. The fraction of sp³-hybridized carbons (Fsp3) is 0.214. The molecule has 0 fully saturated rings. The van der Waals surface area contributed by atoms with Gasteiger partial charge >= 0.3 is 0 Å². The van der Waals surface area contributed by atoms with Gasteiger partial charge in [-0.2, -0.15) is 0 Å². The van der Waals surface area contributed by atoms with Crippen molar-refractivity contribution in [3.8, 4) is 0 Å². The van der Waals surface area contributed by atoms with E-state index in [1.165, 1.54) is 4.91 Å². The zero-order valence-electron chi connectivity index (χ0n) is 9.86. The van der Waals surface area contributed by atoms with Crippen molar-refractivity contribution >= 4 is 17.5 Å². The van der Waals surface area contributed by atoms with Crippen LogP contribution in [0.25, 0.3) is 0 Å². The molecule has 0 bridgehead atoms. The Morgan fingerprint density at radius 3 is 2.25 bits per heavy atom. The van der Waals surface area contributed by atoms with Gasteiger partial charge in [-0.1, -0.05) is 42.1 Å². The molecule has 84 valence electrons. The molecule has 0 aliphatic heterocycles. The fourth-order valence-electron chi connectivity index (χ4n) is 1.25. The summed E-state index contributed by atoms with van der Waals surface area (Å²) >= 11 is 1.70. The number of ketones is 1. The van der Waals surface area contributed by atoms with Gasteiger partial charge < -0.3 is 0 Å². The Morgan fingerprint density at radius 2 is 1.81 bits per heavy atom. The normalized spacial score (nSPS) is 12.1. The summed E-state index contributed by atoms with van der Waals surface area (Å²) in [4.78, 5) is 13.5. The molecule has 0 spiro atoms. The Hall–Kier alpha value is -1.28. The number of thioether (sulfide) groups is 1. The zero-order valence-corrected chi connectivity index (χ0v) is 10.7. The molecule has 0 saturated heterocycles. The predicted molar refractivity (Wildman–Crippen MR) is 70.9 cm³/mol. The number of Topliss-reactive ketones (excluding diaryl/α,β-unsaturated/α-hetero) is 1. The van der Waals surface area contributed by atoms with E-state index in [0.29, 0.717) is 0 Å². The van der Waals surface area contributed by atoms with Crippen LogP contribution in [0.4, 0.5) is 0 Å². The monoisotopic (exact) mass is 232 g/mol. The molecular weight excluding hydrogens is 216 g/mol. The Bertz CT molecular complexity index is 413. The lowest BCUT2D eigenvalue weighted by molar-refractivity contribution is 0.101. The molecule has 0 amide bonds. The second-order valence-electron chi connectivity index (χ2n) is 3.37. The van der Waals surface area contributed by atoms with Gasteiger partial charge in [0.15, 0.2) is 5.78 Å². The lowest BCUT2D eigenvalue weighted by Gasteiger charge is -2.02. The zero-order chi connectivity index (χ0) is 12.0. The van der Waals surface area contributed by atoms with Crippen molar-refractivity contribution in [3.05, 3.63) is 53.0 Å². The van der Waals surface area contributed by atoms with E-state index >= 15 is 0 Å². The minimum Gasteiger partial charge on any atom is -0.295 e. The van der Waals surface area contributed by atoms with E-state index in [4.69, 9.17) is 0 Å². The topological polar surface area (TPSA) is 17.1 Å². The third-order valence-electron chi connectivity index (χ3n) is 2.11. The molecule has 0 unspecified atom stereocenters. The molecule has 0 radical (unpaired) electrons. The van der Waals surface area contributed by atoms with Gasteiger partial charge in [0.2, 0.25) is 0 Å². The van der Waals surface area contributed by atoms with Gasteiger partial charge in [0.1, 0.15) is 0 Å². The highest BCUT2D eigenvalue weighted by Gasteiger charge is 2.00. The molecule has 0 atom stereocenters. The number of allylic oxidation sites excluding steroid dienone is 3. The largest absolute Gasteiger partial charge is 0.295 e. The standard InChI is InChI=1S/C14H16OS/c1-4-6-13(5-2)16-14-9-7-12(8-10-14)11(3)15/h4-10H,1-3H3. The van der Waals surface area contributed by atoms with Gasteiger partial charge in [-0.3, -0.25) is 4.79 Å². The van der Waals surface area contributed by atoms with Gasteiger partial charge in [0.05, 0.1) is 0 Å². The molecule has 0 saturated carbocycles. The van der Waals surface area contributed by atoms with Crippen LogP contribution in [0, 0.1) is 0 Å². The van der Waals surface area contributed by atoms with Crippen LogP contribution in [-0.4, -0.2) is 5.78 Å². The first kappa shape index (κ1) is 12.8. The maximum Gasteiger partial charge on any atom is 0.159 e. The summed E-state index contributed by atoms with van der Waals surface area (Å²) < 4.78 is 0. The molecule has 1 aromatic rings. The first-order chi connectivity index (χ1) is 7.67. The molecule has 16 heavy (non-hydrogen) atoms. The highest BCUT2D eigenvalue weighted by Crippen LogP contribution is 2.27. The quantitative estimate of drug-likeness (QED) is 0.433. The minimum absolute atomic E-state index is 0.108. The van der Waals surface area contributed by atoms with Crippen LogP contribution in [-0.2, 0) is 0 Å². The number of carbonyl (C=O) groups excluding carboxylic acids is 1. The Labute approximate surface area is 101 Å². The van der Waals surface area contributed by atoms with Crippen molar-refractivity contribution in [1.82, 2.24) is 0 Å². The predicted octanol–water partition coefficient (Wildman–Crippen LogP) is 4.46. The number of benzene rings is 1. The maximum absolute atomic E-state index is 11.1. The smallest absolute Gasteiger partial charge is 0.159 e. The van der Waals surface area contributed by atoms with Crippen molar-refractivity contribution in [2.75, 3.05) is 0 Å². The molecular formula is C14H16OS. The number of hydrogen-bond donors (Lipinski definition) is 0. The average molecular weight is 232 g/mol. The van der Waals surface area contributed by atoms with E-state index < -0.39 is 0 Å². The maximum atomic E-state index is 11.1. The second kappa shape index (κ2) is 6.33. The van der Waals surface area contributed by atoms with Crippen LogP contribution >= 0.6 is 11.8 Å². The summed E-state index contributed by atoms with van der Waals surface area (Å²) in [5.74, 6) is 0.108. The van der Waals surface area contributed by atoms with Crippen molar-refractivity contribution in [1.29, 1.82) is 0 Å². The van der Waals surface area contributed by atoms with Gasteiger partial charge in [-0.05, 0) is 32.9 Å². The molecule has 2 heteroatoms. The molecule has 0 aromatic heterocycles. The van der Waals surface area contributed by atoms with Crippen molar-refractivity contribution in [2.24, 2.45) is 0 Å². The van der Waals surface area contributed by atoms with Crippen LogP contribution in [0.2, 0.25) is 0 Å². The number of hydrogen-bond acceptors (Lipinski definition) is 2. The Kier molecular flexibility index (Phi) is 5.06. The van der Waals surface area contributed by atoms with Gasteiger partial charge in [0.25, 0.3) is 0 Å². The highest BCUT2D eigenvalue weighted by molar-refractivity contribution is 8.03. The summed E-state index contributed by atoms with van der Waals surface area (Å²) in [6.07, 6.45) is 6.17. The van der Waals surface area contributed by atoms with Crippen molar-refractivity contribution in [3.63, 3.8) is 0 Å². The van der Waals surface area contributed by atoms with Crippen LogP contribution in [0.1, 0.15) is 31.1 Å². The van der Waals surface area contributed by atoms with Gasteiger partial charge in [-0.15, -0.1) is 0 Å². The average Bonchev–Trinajstić information content (AvgIpc) is 2.29. The number of carbonyl (C=O) groups is 1. The third kappa shape index (κ3) is 3.70. The summed E-state index contributed by atoms with van der Waals surface area (Å²) in [7, 11) is 0. The lowest BCUT2D eigenvalue weighted by atomic mass is 10.2. The highest BCUT2D eigenvalue weighted by atomic mass is 32.2. The summed E-state index contributed by atoms with van der Waals surface area (Å²) in [6.45, 7) is 5.61. The first-order valence-electron chi connectivity index (χ1n) is 5.25. The van der Waals surface area contributed by atoms with E-state index in [0.717, 1.165) is 10.5 Å². The van der Waals surface area contributed by atoms with Gasteiger partial charge in [0, 0.05) is 15.4 Å². The van der Waals surface area contributed by atoms with Crippen LogP contribution in [0.15, 0.2) is 52.3 Å². The van der Waals surface area contributed by atoms with Crippen LogP contribution < -0.4 is 0 Å². The fourth-order valence-corrected chi connectivity index (χ4v) is 2.11. The Morgan fingerprint density at radius 1 is 1.19 bits per heavy atom. The van der Waals surface area contributed by atoms with E-state index in [1.807, 2.05) is 44.2 Å². The molecule has 0 aliphatic rings. The van der Waals surface area contributed by atoms with E-state index in [1.54, 1.807) is 18.7 Å². The van der Waals surface area contributed by atoms with Crippen molar-refractivity contribution < 1.29 is 4.79 Å². The molecule has 1 aromatic carbocycles. The lowest BCUT2D eigenvalue weighted by Crippen LogP contribution is -1.90. The SMILES string of the molecule is CC=CC(=CC)Sc1ccc(C(C)=O)cc1. The summed E-state index contributed by atoms with van der Waals surface area (Å²) in [6, 6.07) is 7.70. The van der Waals surface area contributed by atoms with Crippen LogP contribution in [0.5, 0.6) is 0 Å².